The van der Waals surface area contributed by atoms with Gasteiger partial charge in [0.15, 0.2) is 0 Å². The van der Waals surface area contributed by atoms with Crippen LogP contribution in [0.2, 0.25) is 0 Å². The van der Waals surface area contributed by atoms with Crippen molar-refractivity contribution in [3.05, 3.63) is 29.8 Å². The van der Waals surface area contributed by atoms with E-state index in [1.54, 1.807) is 24.3 Å². The molecule has 0 aliphatic carbocycles. The fourth-order valence-corrected chi connectivity index (χ4v) is 1.07. The van der Waals surface area contributed by atoms with E-state index in [0.717, 1.165) is 0 Å². The Bertz CT molecular complexity index is 359. The summed E-state index contributed by atoms with van der Waals surface area (Å²) in [7, 11) is 1.52. The first-order valence-corrected chi connectivity index (χ1v) is 4.41. The van der Waals surface area contributed by atoms with Crippen LogP contribution in [-0.4, -0.2) is 24.2 Å². The van der Waals surface area contributed by atoms with Gasteiger partial charge in [0.1, 0.15) is 0 Å². The molecule has 1 aromatic rings. The van der Waals surface area contributed by atoms with Crippen LogP contribution >= 0.6 is 0 Å². The second-order valence-electron chi connectivity index (χ2n) is 2.97. The lowest BCUT2D eigenvalue weighted by Crippen LogP contribution is -2.24. The average molecular weight is 208 g/mol. The van der Waals surface area contributed by atoms with Crippen LogP contribution < -0.4 is 10.6 Å². The van der Waals surface area contributed by atoms with Crippen LogP contribution in [0.15, 0.2) is 24.3 Å². The first kappa shape index (κ1) is 11.0. The Labute approximate surface area is 87.1 Å². The molecule has 3 N–H and O–H groups in total. The fourth-order valence-electron chi connectivity index (χ4n) is 1.07. The molecule has 1 rings (SSSR count). The highest BCUT2D eigenvalue weighted by Gasteiger charge is 2.01. The van der Waals surface area contributed by atoms with Gasteiger partial charge in [-0.1, -0.05) is 12.1 Å². The van der Waals surface area contributed by atoms with E-state index in [9.17, 15) is 9.59 Å². The van der Waals surface area contributed by atoms with Gasteiger partial charge in [0.2, 0.25) is 0 Å². The number of anilines is 1. The van der Waals surface area contributed by atoms with Crippen LogP contribution in [0.5, 0.6) is 0 Å². The van der Waals surface area contributed by atoms with Gasteiger partial charge in [-0.15, -0.1) is 0 Å². The molecular formula is C10H12N2O3. The van der Waals surface area contributed by atoms with E-state index in [0.29, 0.717) is 11.3 Å². The van der Waals surface area contributed by atoms with Gasteiger partial charge in [0.25, 0.3) is 0 Å². The SMILES string of the molecule is CNC(=O)Nc1ccc(CC(=O)O)cc1. The van der Waals surface area contributed by atoms with Crippen LogP contribution in [0, 0.1) is 0 Å². The largest absolute Gasteiger partial charge is 0.481 e. The number of aliphatic carboxylic acids is 1. The van der Waals surface area contributed by atoms with Gasteiger partial charge >= 0.3 is 12.0 Å². The predicted octanol–water partition coefficient (Wildman–Crippen LogP) is 1.06. The standard InChI is InChI=1S/C10H12N2O3/c1-11-10(15)12-8-4-2-7(3-5-8)6-9(13)14/h2-5H,6H2,1H3,(H,13,14)(H2,11,12,15). The molecule has 0 aliphatic rings. The van der Waals surface area contributed by atoms with Crippen molar-refractivity contribution in [2.75, 3.05) is 12.4 Å². The number of benzene rings is 1. The van der Waals surface area contributed by atoms with E-state index in [1.807, 2.05) is 0 Å². The molecule has 15 heavy (non-hydrogen) atoms. The Morgan fingerprint density at radius 1 is 1.27 bits per heavy atom. The summed E-state index contributed by atoms with van der Waals surface area (Å²) >= 11 is 0. The second-order valence-corrected chi connectivity index (χ2v) is 2.97. The van der Waals surface area contributed by atoms with Crippen LogP contribution in [0.4, 0.5) is 10.5 Å². The number of carbonyl (C=O) groups is 2. The van der Waals surface area contributed by atoms with E-state index in [4.69, 9.17) is 5.11 Å². The molecule has 1 aromatic carbocycles. The number of hydrogen-bond donors (Lipinski definition) is 3. The Hall–Kier alpha value is -2.04. The number of carbonyl (C=O) groups excluding carboxylic acids is 1. The minimum Gasteiger partial charge on any atom is -0.481 e. The number of carboxylic acids is 1. The maximum atomic E-state index is 10.9. The number of nitrogens with one attached hydrogen (secondary N) is 2. The second kappa shape index (κ2) is 4.99. The summed E-state index contributed by atoms with van der Waals surface area (Å²) in [6.07, 6.45) is -0.0136. The number of amides is 2. The molecule has 0 bridgehead atoms. The number of carboxylic acid groups (broad SMARTS) is 1. The summed E-state index contributed by atoms with van der Waals surface area (Å²) in [5.74, 6) is -0.873. The number of hydrogen-bond acceptors (Lipinski definition) is 2. The maximum Gasteiger partial charge on any atom is 0.318 e. The third kappa shape index (κ3) is 3.68. The molecular weight excluding hydrogens is 196 g/mol. The summed E-state index contributed by atoms with van der Waals surface area (Å²) in [5.41, 5.74) is 1.33. The molecule has 2 amide bonds. The van der Waals surface area contributed by atoms with Crippen molar-refractivity contribution in [2.45, 2.75) is 6.42 Å². The highest BCUT2D eigenvalue weighted by molar-refractivity contribution is 5.89. The summed E-state index contributed by atoms with van der Waals surface area (Å²) in [5, 5.41) is 13.5. The van der Waals surface area contributed by atoms with Crippen molar-refractivity contribution in [2.24, 2.45) is 0 Å². The Morgan fingerprint density at radius 2 is 1.87 bits per heavy atom. The van der Waals surface area contributed by atoms with Crippen molar-refractivity contribution in [3.63, 3.8) is 0 Å². The Morgan fingerprint density at radius 3 is 2.33 bits per heavy atom. The first-order chi connectivity index (χ1) is 7.11. The molecule has 0 fully saturated rings. The minimum atomic E-state index is -0.873. The predicted molar refractivity (Wildman–Crippen MR) is 55.9 cm³/mol. The highest BCUT2D eigenvalue weighted by Crippen LogP contribution is 2.09. The Kier molecular flexibility index (Phi) is 3.68. The van der Waals surface area contributed by atoms with Crippen LogP contribution in [0.1, 0.15) is 5.56 Å². The van der Waals surface area contributed by atoms with Crippen LogP contribution in [-0.2, 0) is 11.2 Å². The summed E-state index contributed by atoms with van der Waals surface area (Å²) in [4.78, 5) is 21.3. The normalized spacial score (nSPS) is 9.40. The summed E-state index contributed by atoms with van der Waals surface area (Å²) in [6, 6.07) is 6.35. The van der Waals surface area contributed by atoms with Crippen molar-refractivity contribution >= 4 is 17.7 Å². The monoisotopic (exact) mass is 208 g/mol. The molecule has 5 heteroatoms. The van der Waals surface area contributed by atoms with Gasteiger partial charge in [0, 0.05) is 12.7 Å². The molecule has 80 valence electrons. The first-order valence-electron chi connectivity index (χ1n) is 4.41. The van der Waals surface area contributed by atoms with Gasteiger partial charge in [0.05, 0.1) is 6.42 Å². The van der Waals surface area contributed by atoms with Crippen molar-refractivity contribution in [1.29, 1.82) is 0 Å². The molecule has 0 aliphatic heterocycles. The van der Waals surface area contributed by atoms with Crippen molar-refractivity contribution in [1.82, 2.24) is 5.32 Å². The average Bonchev–Trinajstić information content (AvgIpc) is 2.20. The van der Waals surface area contributed by atoms with Crippen LogP contribution in [0.3, 0.4) is 0 Å². The molecule has 0 saturated carbocycles. The Balaban J connectivity index is 2.64. The topological polar surface area (TPSA) is 78.4 Å². The number of rotatable bonds is 3. The maximum absolute atomic E-state index is 10.9. The molecule has 0 aromatic heterocycles. The molecule has 5 nitrogen and oxygen atoms in total. The van der Waals surface area contributed by atoms with E-state index in [1.165, 1.54) is 7.05 Å². The molecule has 0 heterocycles. The zero-order valence-corrected chi connectivity index (χ0v) is 8.28. The van der Waals surface area contributed by atoms with Gasteiger partial charge in [-0.3, -0.25) is 4.79 Å². The van der Waals surface area contributed by atoms with E-state index in [-0.39, 0.29) is 12.5 Å². The summed E-state index contributed by atoms with van der Waals surface area (Å²) in [6.45, 7) is 0. The lowest BCUT2D eigenvalue weighted by Gasteiger charge is -2.04. The van der Waals surface area contributed by atoms with E-state index >= 15 is 0 Å². The van der Waals surface area contributed by atoms with Crippen molar-refractivity contribution in [3.8, 4) is 0 Å². The smallest absolute Gasteiger partial charge is 0.318 e. The quantitative estimate of drug-likeness (QED) is 0.695. The third-order valence-electron chi connectivity index (χ3n) is 1.79. The zero-order chi connectivity index (χ0) is 11.3. The number of urea groups is 1. The third-order valence-corrected chi connectivity index (χ3v) is 1.79. The van der Waals surface area contributed by atoms with Gasteiger partial charge in [-0.2, -0.15) is 0 Å². The van der Waals surface area contributed by atoms with E-state index < -0.39 is 5.97 Å². The van der Waals surface area contributed by atoms with Gasteiger partial charge < -0.3 is 15.7 Å². The lowest BCUT2D eigenvalue weighted by molar-refractivity contribution is -0.136. The molecule has 0 unspecified atom stereocenters. The van der Waals surface area contributed by atoms with Gasteiger partial charge in [-0.05, 0) is 17.7 Å². The van der Waals surface area contributed by atoms with Crippen LogP contribution in [0.25, 0.3) is 0 Å². The van der Waals surface area contributed by atoms with E-state index in [2.05, 4.69) is 10.6 Å². The summed E-state index contributed by atoms with van der Waals surface area (Å²) < 4.78 is 0. The zero-order valence-electron chi connectivity index (χ0n) is 8.28. The van der Waals surface area contributed by atoms with Gasteiger partial charge in [-0.25, -0.2) is 4.79 Å². The minimum absolute atomic E-state index is 0.0136. The molecule has 0 saturated heterocycles. The van der Waals surface area contributed by atoms with Crippen molar-refractivity contribution < 1.29 is 14.7 Å². The lowest BCUT2D eigenvalue weighted by atomic mass is 10.1. The molecule has 0 spiro atoms. The molecule has 0 atom stereocenters. The molecule has 0 radical (unpaired) electrons. The fraction of sp³-hybridized carbons (Fsp3) is 0.200. The highest BCUT2D eigenvalue weighted by atomic mass is 16.4.